The van der Waals surface area contributed by atoms with Gasteiger partial charge in [-0.2, -0.15) is 8.42 Å². The summed E-state index contributed by atoms with van der Waals surface area (Å²) in [6, 6.07) is 6.97. The highest BCUT2D eigenvalue weighted by Crippen LogP contribution is 2.47. The molecule has 1 heterocycles. The van der Waals surface area contributed by atoms with Gasteiger partial charge in [-0.15, -0.1) is 0 Å². The lowest BCUT2D eigenvalue weighted by atomic mass is 9.78. The van der Waals surface area contributed by atoms with Gasteiger partial charge in [0.2, 0.25) is 5.91 Å². The Labute approximate surface area is 116 Å². The maximum atomic E-state index is 11.6. The van der Waals surface area contributed by atoms with E-state index < -0.39 is 20.7 Å². The van der Waals surface area contributed by atoms with Crippen LogP contribution in [0.2, 0.25) is 0 Å². The SMILES string of the molecule is CCC1(c2ccc(OC)cc2)CC(=O)N1S(=O)(=O)Cl. The Balaban J connectivity index is 2.46. The zero-order valence-electron chi connectivity index (χ0n) is 10.6. The van der Waals surface area contributed by atoms with Crippen LogP contribution in [-0.4, -0.2) is 25.7 Å². The minimum atomic E-state index is -4.07. The average molecular weight is 304 g/mol. The van der Waals surface area contributed by atoms with Crippen LogP contribution in [0.15, 0.2) is 24.3 Å². The lowest BCUT2D eigenvalue weighted by Gasteiger charge is -2.49. The molecule has 0 spiro atoms. The monoisotopic (exact) mass is 303 g/mol. The molecule has 0 bridgehead atoms. The van der Waals surface area contributed by atoms with E-state index in [9.17, 15) is 13.2 Å². The predicted molar refractivity (Wildman–Crippen MR) is 71.2 cm³/mol. The van der Waals surface area contributed by atoms with Crippen LogP contribution < -0.4 is 4.74 Å². The predicted octanol–water partition coefficient (Wildman–Crippen LogP) is 2.02. The minimum absolute atomic E-state index is 0.141. The fourth-order valence-corrected chi connectivity index (χ4v) is 4.12. The summed E-state index contributed by atoms with van der Waals surface area (Å²) >= 11 is 0. The molecule has 1 aliphatic rings. The van der Waals surface area contributed by atoms with E-state index in [0.29, 0.717) is 12.2 Å². The molecule has 0 N–H and O–H groups in total. The molecule has 1 aromatic carbocycles. The van der Waals surface area contributed by atoms with Gasteiger partial charge >= 0.3 is 9.24 Å². The third-order valence-electron chi connectivity index (χ3n) is 3.49. The molecular weight excluding hydrogens is 290 g/mol. The van der Waals surface area contributed by atoms with Crippen LogP contribution in [0, 0.1) is 0 Å². The second-order valence-corrected chi connectivity index (χ2v) is 6.75. The first-order valence-electron chi connectivity index (χ1n) is 5.77. The number of nitrogens with zero attached hydrogens (tertiary/aromatic N) is 1. The molecule has 1 fully saturated rings. The van der Waals surface area contributed by atoms with Crippen molar-refractivity contribution in [3.05, 3.63) is 29.8 Å². The largest absolute Gasteiger partial charge is 0.497 e. The van der Waals surface area contributed by atoms with Gasteiger partial charge in [-0.25, -0.2) is 4.31 Å². The first kappa shape index (κ1) is 14.1. The molecule has 1 saturated heterocycles. The third-order valence-corrected chi connectivity index (χ3v) is 4.89. The molecule has 7 heteroatoms. The summed E-state index contributed by atoms with van der Waals surface area (Å²) in [7, 11) is 2.83. The van der Waals surface area contributed by atoms with Gasteiger partial charge in [-0.05, 0) is 24.1 Å². The standard InChI is InChI=1S/C12H14ClNO4S/c1-3-12(8-11(15)14(12)19(13,16)17)9-4-6-10(18-2)7-5-9/h4-7H,3,8H2,1-2H3. The maximum absolute atomic E-state index is 11.6. The summed E-state index contributed by atoms with van der Waals surface area (Å²) in [5.74, 6) is 0.189. The molecule has 104 valence electrons. The van der Waals surface area contributed by atoms with Gasteiger partial charge < -0.3 is 4.74 Å². The number of rotatable bonds is 4. The van der Waals surface area contributed by atoms with E-state index in [1.807, 2.05) is 6.92 Å². The van der Waals surface area contributed by atoms with Crippen molar-refractivity contribution in [2.45, 2.75) is 25.3 Å². The van der Waals surface area contributed by atoms with Crippen LogP contribution in [0.3, 0.4) is 0 Å². The van der Waals surface area contributed by atoms with Crippen molar-refractivity contribution >= 4 is 25.8 Å². The highest BCUT2D eigenvalue weighted by atomic mass is 35.7. The van der Waals surface area contributed by atoms with E-state index in [1.165, 1.54) is 0 Å². The number of carbonyl (C=O) groups excluding carboxylic acids is 1. The maximum Gasteiger partial charge on any atom is 0.324 e. The van der Waals surface area contributed by atoms with Crippen molar-refractivity contribution in [1.29, 1.82) is 0 Å². The third kappa shape index (κ3) is 2.19. The quantitative estimate of drug-likeness (QED) is 0.630. The van der Waals surface area contributed by atoms with Gasteiger partial charge in [0.15, 0.2) is 0 Å². The van der Waals surface area contributed by atoms with Crippen LogP contribution in [0.1, 0.15) is 25.3 Å². The molecule has 1 unspecified atom stereocenters. The summed E-state index contributed by atoms with van der Waals surface area (Å²) in [5.41, 5.74) is -0.135. The van der Waals surface area contributed by atoms with Crippen LogP contribution in [0.4, 0.5) is 0 Å². The van der Waals surface area contributed by atoms with Gasteiger partial charge in [0.25, 0.3) is 0 Å². The topological polar surface area (TPSA) is 63.7 Å². The number of carbonyl (C=O) groups is 1. The lowest BCUT2D eigenvalue weighted by Crippen LogP contribution is -2.61. The summed E-state index contributed by atoms with van der Waals surface area (Å²) in [6.07, 6.45) is 0.610. The Bertz CT molecular complexity index is 599. The minimum Gasteiger partial charge on any atom is -0.497 e. The van der Waals surface area contributed by atoms with E-state index in [0.717, 1.165) is 9.87 Å². The smallest absolute Gasteiger partial charge is 0.324 e. The van der Waals surface area contributed by atoms with E-state index >= 15 is 0 Å². The number of amides is 1. The molecule has 0 radical (unpaired) electrons. The summed E-state index contributed by atoms with van der Waals surface area (Å²) in [4.78, 5) is 11.6. The lowest BCUT2D eigenvalue weighted by molar-refractivity contribution is -0.146. The Hall–Kier alpha value is -1.27. The van der Waals surface area contributed by atoms with E-state index in [1.54, 1.807) is 31.4 Å². The van der Waals surface area contributed by atoms with Gasteiger partial charge in [0.1, 0.15) is 5.75 Å². The molecule has 1 aliphatic heterocycles. The van der Waals surface area contributed by atoms with Gasteiger partial charge in [-0.3, -0.25) is 4.79 Å². The zero-order chi connectivity index (χ0) is 14.3. The molecule has 1 aromatic rings. The number of benzene rings is 1. The molecule has 0 aliphatic carbocycles. The van der Waals surface area contributed by atoms with E-state index in [2.05, 4.69) is 0 Å². The molecule has 1 atom stereocenters. The van der Waals surface area contributed by atoms with Crippen molar-refractivity contribution in [1.82, 2.24) is 4.31 Å². The second kappa shape index (κ2) is 4.68. The fraction of sp³-hybridized carbons (Fsp3) is 0.417. The molecule has 1 amide bonds. The first-order chi connectivity index (χ1) is 8.85. The van der Waals surface area contributed by atoms with Gasteiger partial charge in [0, 0.05) is 10.7 Å². The summed E-state index contributed by atoms with van der Waals surface area (Å²) < 4.78 is 28.9. The number of hydrogen-bond acceptors (Lipinski definition) is 4. The van der Waals surface area contributed by atoms with Crippen LogP contribution in [0.5, 0.6) is 5.75 Å². The molecule has 5 nitrogen and oxygen atoms in total. The van der Waals surface area contributed by atoms with Crippen LogP contribution in [-0.2, 0) is 19.6 Å². The molecule has 2 rings (SSSR count). The van der Waals surface area contributed by atoms with E-state index in [-0.39, 0.29) is 6.42 Å². The summed E-state index contributed by atoms with van der Waals surface area (Å²) in [6.45, 7) is 1.83. The Morgan fingerprint density at radius 2 is 1.95 bits per heavy atom. The molecule has 0 saturated carbocycles. The Morgan fingerprint density at radius 3 is 2.32 bits per heavy atom. The van der Waals surface area contributed by atoms with Gasteiger partial charge in [0.05, 0.1) is 19.1 Å². The number of hydrogen-bond donors (Lipinski definition) is 0. The second-order valence-electron chi connectivity index (χ2n) is 4.39. The van der Waals surface area contributed by atoms with Crippen LogP contribution in [0.25, 0.3) is 0 Å². The fourth-order valence-electron chi connectivity index (χ4n) is 2.46. The first-order valence-corrected chi connectivity index (χ1v) is 8.04. The molecular formula is C12H14ClNO4S. The van der Waals surface area contributed by atoms with Gasteiger partial charge in [-0.1, -0.05) is 19.1 Å². The van der Waals surface area contributed by atoms with E-state index in [4.69, 9.17) is 15.4 Å². The van der Waals surface area contributed by atoms with Crippen molar-refractivity contribution in [3.8, 4) is 5.75 Å². The molecule has 0 aromatic heterocycles. The highest BCUT2D eigenvalue weighted by Gasteiger charge is 2.56. The van der Waals surface area contributed by atoms with Crippen molar-refractivity contribution in [2.75, 3.05) is 7.11 Å². The highest BCUT2D eigenvalue weighted by molar-refractivity contribution is 8.12. The van der Waals surface area contributed by atoms with Crippen molar-refractivity contribution < 1.29 is 17.9 Å². The Kier molecular flexibility index (Phi) is 3.49. The number of methoxy groups -OCH3 is 1. The average Bonchev–Trinajstić information content (AvgIpc) is 2.33. The zero-order valence-corrected chi connectivity index (χ0v) is 12.2. The molecule has 19 heavy (non-hydrogen) atoms. The summed E-state index contributed by atoms with van der Waals surface area (Å²) in [5, 5.41) is 0. The van der Waals surface area contributed by atoms with Crippen molar-refractivity contribution in [3.63, 3.8) is 0 Å². The number of halogens is 1. The Morgan fingerprint density at radius 1 is 1.37 bits per heavy atom. The normalized spacial score (nSPS) is 23.1. The number of β-lactam (4-membered cyclic amide) rings is 1. The van der Waals surface area contributed by atoms with Crippen LogP contribution >= 0.6 is 10.7 Å². The number of ether oxygens (including phenoxy) is 1. The van der Waals surface area contributed by atoms with Crippen molar-refractivity contribution in [2.24, 2.45) is 0 Å².